The van der Waals surface area contributed by atoms with E-state index in [1.54, 1.807) is 31.2 Å². The Kier molecular flexibility index (Phi) is 7.91. The third-order valence-electron chi connectivity index (χ3n) is 6.24. The molecule has 0 spiro atoms. The zero-order chi connectivity index (χ0) is 29.4. The van der Waals surface area contributed by atoms with Crippen molar-refractivity contribution in [3.63, 3.8) is 0 Å². The summed E-state index contributed by atoms with van der Waals surface area (Å²) in [5, 5.41) is 11.5. The molecule has 2 heterocycles. The second-order valence-electron chi connectivity index (χ2n) is 9.29. The van der Waals surface area contributed by atoms with Crippen molar-refractivity contribution in [3.05, 3.63) is 69.8 Å². The number of nitrogens with two attached hydrogens (primary N) is 1. The molecule has 1 aliphatic rings. The monoisotopic (exact) mass is 603 g/mol. The second kappa shape index (κ2) is 10.9. The SMILES string of the molecule is C[C@H](NS(=O)(=O)c1cnc2n1[C@](C)(Cc1ccc(C#N)cc1)C(=O)N2c1cc(Cl)cc(Cl)c1)C(=O)NCC(N)=O. The molecule has 0 saturated carbocycles. The highest BCUT2D eigenvalue weighted by Crippen LogP contribution is 2.44. The van der Waals surface area contributed by atoms with Gasteiger partial charge >= 0.3 is 0 Å². The molecule has 0 aliphatic carbocycles. The lowest BCUT2D eigenvalue weighted by Gasteiger charge is -2.27. The predicted molar refractivity (Wildman–Crippen MR) is 146 cm³/mol. The summed E-state index contributed by atoms with van der Waals surface area (Å²) in [6, 6.07) is 11.7. The Labute approximate surface area is 239 Å². The van der Waals surface area contributed by atoms with E-state index in [4.69, 9.17) is 34.2 Å². The molecule has 1 aromatic heterocycles. The number of anilines is 2. The molecule has 40 heavy (non-hydrogen) atoms. The van der Waals surface area contributed by atoms with Crippen molar-refractivity contribution in [2.75, 3.05) is 11.4 Å². The molecule has 2 aromatic carbocycles. The van der Waals surface area contributed by atoms with Gasteiger partial charge < -0.3 is 11.1 Å². The number of amides is 3. The number of hydrogen-bond acceptors (Lipinski definition) is 7. The lowest BCUT2D eigenvalue weighted by molar-refractivity contribution is -0.125. The Hall–Kier alpha value is -3.96. The molecular formula is C25H23Cl2N7O5S. The van der Waals surface area contributed by atoms with Gasteiger partial charge in [0.2, 0.25) is 17.8 Å². The molecule has 12 nitrogen and oxygen atoms in total. The third kappa shape index (κ3) is 5.52. The van der Waals surface area contributed by atoms with Crippen LogP contribution in [-0.2, 0) is 36.4 Å². The van der Waals surface area contributed by atoms with Crippen LogP contribution in [0, 0.1) is 11.3 Å². The number of hydrogen-bond donors (Lipinski definition) is 3. The molecule has 0 fully saturated rings. The summed E-state index contributed by atoms with van der Waals surface area (Å²) in [5.74, 6) is -2.10. The first-order valence-electron chi connectivity index (χ1n) is 11.7. The van der Waals surface area contributed by atoms with Gasteiger partial charge in [-0.05, 0) is 49.7 Å². The Bertz CT molecular complexity index is 1650. The van der Waals surface area contributed by atoms with Gasteiger partial charge in [-0.15, -0.1) is 0 Å². The summed E-state index contributed by atoms with van der Waals surface area (Å²) >= 11 is 12.4. The summed E-state index contributed by atoms with van der Waals surface area (Å²) in [6.45, 7) is 2.38. The van der Waals surface area contributed by atoms with E-state index in [1.165, 1.54) is 34.6 Å². The molecule has 4 N–H and O–H groups in total. The molecular weight excluding hydrogens is 581 g/mol. The van der Waals surface area contributed by atoms with Crippen LogP contribution in [0.3, 0.4) is 0 Å². The standard InChI is InChI=1S/C25H23Cl2N7O5S/c1-14(22(36)30-12-20(29)35)32-40(38,39)21-13-31-24-33(19-8-17(26)7-18(27)9-19)23(37)25(2,34(21)24)10-15-3-5-16(11-28)6-4-15/h3-9,13-14,32H,10,12H2,1-2H3,(H2,29,35)(H,30,36)/t14-,25+/m0/s1. The number of nitrogens with zero attached hydrogens (tertiary/aromatic N) is 4. The van der Waals surface area contributed by atoms with Gasteiger partial charge in [0.1, 0.15) is 5.54 Å². The van der Waals surface area contributed by atoms with Crippen LogP contribution in [0.25, 0.3) is 0 Å². The van der Waals surface area contributed by atoms with Gasteiger partial charge in [0, 0.05) is 16.5 Å². The van der Waals surface area contributed by atoms with Gasteiger partial charge in [0.25, 0.3) is 15.9 Å². The molecule has 0 unspecified atom stereocenters. The van der Waals surface area contributed by atoms with Crippen LogP contribution in [-0.4, -0.2) is 48.3 Å². The van der Waals surface area contributed by atoms with Crippen molar-refractivity contribution in [1.82, 2.24) is 19.6 Å². The predicted octanol–water partition coefficient (Wildman–Crippen LogP) is 1.97. The lowest BCUT2D eigenvalue weighted by Crippen LogP contribution is -2.48. The van der Waals surface area contributed by atoms with E-state index in [9.17, 15) is 22.8 Å². The molecule has 0 radical (unpaired) electrons. The van der Waals surface area contributed by atoms with E-state index in [0.29, 0.717) is 11.1 Å². The third-order valence-corrected chi connectivity index (χ3v) is 8.18. The first kappa shape index (κ1) is 29.0. The average Bonchev–Trinajstić information content (AvgIpc) is 3.40. The average molecular weight is 604 g/mol. The number of primary amides is 1. The van der Waals surface area contributed by atoms with Crippen LogP contribution < -0.4 is 20.7 Å². The minimum atomic E-state index is -4.45. The van der Waals surface area contributed by atoms with Crippen molar-refractivity contribution in [1.29, 1.82) is 5.26 Å². The summed E-state index contributed by atoms with van der Waals surface area (Å²) in [6.07, 6.45) is 1.11. The highest BCUT2D eigenvalue weighted by Gasteiger charge is 2.52. The smallest absolute Gasteiger partial charge is 0.260 e. The molecule has 4 rings (SSSR count). The van der Waals surface area contributed by atoms with Crippen LogP contribution >= 0.6 is 23.2 Å². The normalized spacial score (nSPS) is 17.3. The fraction of sp³-hybridized carbons (Fsp3) is 0.240. The molecule has 0 saturated heterocycles. The molecule has 0 bridgehead atoms. The van der Waals surface area contributed by atoms with Crippen molar-refractivity contribution >= 4 is 62.6 Å². The van der Waals surface area contributed by atoms with Crippen molar-refractivity contribution in [3.8, 4) is 6.07 Å². The van der Waals surface area contributed by atoms with Gasteiger partial charge in [-0.2, -0.15) is 9.98 Å². The number of aromatic nitrogens is 2. The van der Waals surface area contributed by atoms with E-state index in [0.717, 1.165) is 6.20 Å². The minimum absolute atomic E-state index is 0.00862. The van der Waals surface area contributed by atoms with Crippen molar-refractivity contribution in [2.24, 2.45) is 5.73 Å². The number of carbonyl (C=O) groups excluding carboxylic acids is 3. The Morgan fingerprint density at radius 3 is 2.38 bits per heavy atom. The molecule has 2 atom stereocenters. The summed E-state index contributed by atoms with van der Waals surface area (Å²) < 4.78 is 30.6. The fourth-order valence-corrected chi connectivity index (χ4v) is 6.31. The van der Waals surface area contributed by atoms with E-state index in [1.807, 2.05) is 6.07 Å². The number of imidazole rings is 1. The highest BCUT2D eigenvalue weighted by molar-refractivity contribution is 7.89. The Morgan fingerprint density at radius 2 is 1.80 bits per heavy atom. The number of benzene rings is 2. The van der Waals surface area contributed by atoms with Gasteiger partial charge in [0.15, 0.2) is 5.03 Å². The summed E-state index contributed by atoms with van der Waals surface area (Å²) in [4.78, 5) is 42.9. The van der Waals surface area contributed by atoms with E-state index in [-0.39, 0.29) is 33.1 Å². The lowest BCUT2D eigenvalue weighted by atomic mass is 9.91. The highest BCUT2D eigenvalue weighted by atomic mass is 35.5. The van der Waals surface area contributed by atoms with E-state index in [2.05, 4.69) is 15.0 Å². The number of halogens is 2. The van der Waals surface area contributed by atoms with Crippen LogP contribution in [0.5, 0.6) is 0 Å². The van der Waals surface area contributed by atoms with Crippen molar-refractivity contribution < 1.29 is 22.8 Å². The number of sulfonamides is 1. The molecule has 15 heteroatoms. The maximum atomic E-state index is 14.1. The molecule has 1 aliphatic heterocycles. The number of carbonyl (C=O) groups is 3. The minimum Gasteiger partial charge on any atom is -0.368 e. The van der Waals surface area contributed by atoms with Crippen LogP contribution in [0.1, 0.15) is 25.0 Å². The quantitative estimate of drug-likeness (QED) is 0.334. The summed E-state index contributed by atoms with van der Waals surface area (Å²) in [5.41, 5.74) is 4.86. The van der Waals surface area contributed by atoms with Crippen LogP contribution in [0.15, 0.2) is 53.7 Å². The summed E-state index contributed by atoms with van der Waals surface area (Å²) in [7, 11) is -4.45. The molecule has 3 amide bonds. The Morgan fingerprint density at radius 1 is 1.18 bits per heavy atom. The first-order valence-corrected chi connectivity index (χ1v) is 14.0. The number of rotatable bonds is 9. The van der Waals surface area contributed by atoms with Crippen LogP contribution in [0.4, 0.5) is 11.6 Å². The molecule has 3 aromatic rings. The van der Waals surface area contributed by atoms with E-state index < -0.39 is 45.9 Å². The largest absolute Gasteiger partial charge is 0.368 e. The second-order valence-corrected chi connectivity index (χ2v) is 11.8. The number of fused-ring (bicyclic) bond motifs is 1. The first-order chi connectivity index (χ1) is 18.8. The molecule has 208 valence electrons. The fourth-order valence-electron chi connectivity index (χ4n) is 4.39. The maximum absolute atomic E-state index is 14.1. The number of nitriles is 1. The van der Waals surface area contributed by atoms with E-state index >= 15 is 0 Å². The number of nitrogens with one attached hydrogen (secondary N) is 2. The van der Waals surface area contributed by atoms with Crippen LogP contribution in [0.2, 0.25) is 10.0 Å². The van der Waals surface area contributed by atoms with Crippen molar-refractivity contribution in [2.45, 2.75) is 36.9 Å². The van der Waals surface area contributed by atoms with Gasteiger partial charge in [-0.3, -0.25) is 19.0 Å². The zero-order valence-corrected chi connectivity index (χ0v) is 23.5. The van der Waals surface area contributed by atoms with Gasteiger partial charge in [0.05, 0.1) is 36.1 Å². The topological polar surface area (TPSA) is 180 Å². The Balaban J connectivity index is 1.81. The van der Waals surface area contributed by atoms with Gasteiger partial charge in [-0.1, -0.05) is 35.3 Å². The zero-order valence-electron chi connectivity index (χ0n) is 21.2. The van der Waals surface area contributed by atoms with Gasteiger partial charge in [-0.25, -0.2) is 18.3 Å². The maximum Gasteiger partial charge on any atom is 0.260 e.